The predicted octanol–water partition coefficient (Wildman–Crippen LogP) is 2.13. The lowest BCUT2D eigenvalue weighted by atomic mass is 9.97. The molecule has 0 spiro atoms. The fraction of sp³-hybridized carbons (Fsp3) is 0.600. The van der Waals surface area contributed by atoms with Gasteiger partial charge in [-0.1, -0.05) is 26.8 Å². The van der Waals surface area contributed by atoms with Crippen LogP contribution in [0, 0.1) is 5.41 Å². The number of ether oxygens (including phenoxy) is 2. The molecule has 1 atom stereocenters. The summed E-state index contributed by atoms with van der Waals surface area (Å²) in [6.45, 7) is 9.05. The third-order valence-electron chi connectivity index (χ3n) is 2.94. The Morgan fingerprint density at radius 1 is 1.21 bits per heavy atom. The fourth-order valence-corrected chi connectivity index (χ4v) is 1.97. The lowest BCUT2D eigenvalue weighted by Gasteiger charge is -2.22. The van der Waals surface area contributed by atoms with Crippen LogP contribution in [0.4, 0.5) is 0 Å². The number of hydrogen-bond acceptors (Lipinski definition) is 4. The summed E-state index contributed by atoms with van der Waals surface area (Å²) in [5.41, 5.74) is 1.07. The molecule has 2 N–H and O–H groups in total. The Bertz CT molecular complexity index is 426. The Kier molecular flexibility index (Phi) is 4.32. The third kappa shape index (κ3) is 4.11. The second-order valence-corrected chi connectivity index (χ2v) is 6.11. The maximum absolute atomic E-state index is 10.2. The zero-order chi connectivity index (χ0) is 13.9. The standard InChI is InChI=1S/C15H23NO3/c1-15(2,3)10-16-9-12(17)11-4-5-13-14(8-11)19-7-6-18-13/h4-5,8,12,16-17H,6-7,9-10H2,1-3H3. The smallest absolute Gasteiger partial charge is 0.161 e. The first-order chi connectivity index (χ1) is 8.96. The highest BCUT2D eigenvalue weighted by molar-refractivity contribution is 5.44. The quantitative estimate of drug-likeness (QED) is 0.875. The summed E-state index contributed by atoms with van der Waals surface area (Å²) in [5, 5.41) is 13.4. The van der Waals surface area contributed by atoms with Crippen molar-refractivity contribution < 1.29 is 14.6 Å². The van der Waals surface area contributed by atoms with E-state index in [2.05, 4.69) is 26.1 Å². The van der Waals surface area contributed by atoms with Crippen LogP contribution < -0.4 is 14.8 Å². The summed E-state index contributed by atoms with van der Waals surface area (Å²) >= 11 is 0. The molecule has 1 aliphatic heterocycles. The molecule has 1 unspecified atom stereocenters. The van der Waals surface area contributed by atoms with Crippen molar-refractivity contribution >= 4 is 0 Å². The minimum atomic E-state index is -0.529. The monoisotopic (exact) mass is 265 g/mol. The van der Waals surface area contributed by atoms with E-state index in [1.807, 2.05) is 18.2 Å². The van der Waals surface area contributed by atoms with Crippen LogP contribution >= 0.6 is 0 Å². The molecule has 19 heavy (non-hydrogen) atoms. The summed E-state index contributed by atoms with van der Waals surface area (Å²) in [4.78, 5) is 0. The van der Waals surface area contributed by atoms with Crippen molar-refractivity contribution in [1.82, 2.24) is 5.32 Å². The van der Waals surface area contributed by atoms with Gasteiger partial charge in [-0.15, -0.1) is 0 Å². The molecule has 4 heteroatoms. The normalized spacial score (nSPS) is 16.2. The highest BCUT2D eigenvalue weighted by Gasteiger charge is 2.16. The molecule has 1 aromatic carbocycles. The SMILES string of the molecule is CC(C)(C)CNCC(O)c1ccc2c(c1)OCCO2. The largest absolute Gasteiger partial charge is 0.486 e. The molecule has 2 rings (SSSR count). The minimum absolute atomic E-state index is 0.215. The molecule has 1 heterocycles. The van der Waals surface area contributed by atoms with Crippen LogP contribution in [0.15, 0.2) is 18.2 Å². The van der Waals surface area contributed by atoms with Gasteiger partial charge in [0.25, 0.3) is 0 Å². The number of fused-ring (bicyclic) bond motifs is 1. The Balaban J connectivity index is 1.94. The second kappa shape index (κ2) is 5.80. The highest BCUT2D eigenvalue weighted by atomic mass is 16.6. The number of nitrogens with one attached hydrogen (secondary N) is 1. The topological polar surface area (TPSA) is 50.7 Å². The van der Waals surface area contributed by atoms with E-state index >= 15 is 0 Å². The molecular formula is C15H23NO3. The maximum Gasteiger partial charge on any atom is 0.161 e. The second-order valence-electron chi connectivity index (χ2n) is 6.11. The molecule has 0 fully saturated rings. The van der Waals surface area contributed by atoms with Crippen LogP contribution in [0.3, 0.4) is 0 Å². The summed E-state index contributed by atoms with van der Waals surface area (Å²) in [5.74, 6) is 1.48. The van der Waals surface area contributed by atoms with Gasteiger partial charge >= 0.3 is 0 Å². The Labute approximate surface area is 114 Å². The van der Waals surface area contributed by atoms with Gasteiger partial charge in [0.2, 0.25) is 0 Å². The van der Waals surface area contributed by atoms with E-state index in [1.54, 1.807) is 0 Å². The summed E-state index contributed by atoms with van der Waals surface area (Å²) in [6.07, 6.45) is -0.529. The van der Waals surface area contributed by atoms with Crippen molar-refractivity contribution in [3.05, 3.63) is 23.8 Å². The Hall–Kier alpha value is -1.26. The van der Waals surface area contributed by atoms with E-state index in [0.29, 0.717) is 19.8 Å². The van der Waals surface area contributed by atoms with E-state index in [-0.39, 0.29) is 5.41 Å². The van der Waals surface area contributed by atoms with Gasteiger partial charge in [0.05, 0.1) is 6.10 Å². The van der Waals surface area contributed by atoms with E-state index < -0.39 is 6.10 Å². The van der Waals surface area contributed by atoms with Crippen LogP contribution in [0.5, 0.6) is 11.5 Å². The van der Waals surface area contributed by atoms with Gasteiger partial charge in [-0.25, -0.2) is 0 Å². The number of aliphatic hydroxyl groups is 1. The molecule has 0 saturated carbocycles. The van der Waals surface area contributed by atoms with Crippen molar-refractivity contribution in [2.75, 3.05) is 26.3 Å². The Morgan fingerprint density at radius 3 is 2.58 bits per heavy atom. The molecule has 0 aromatic heterocycles. The van der Waals surface area contributed by atoms with Gasteiger partial charge in [-0.05, 0) is 23.1 Å². The van der Waals surface area contributed by atoms with Crippen molar-refractivity contribution in [3.8, 4) is 11.5 Å². The van der Waals surface area contributed by atoms with Crippen molar-refractivity contribution in [2.45, 2.75) is 26.9 Å². The van der Waals surface area contributed by atoms with Gasteiger partial charge in [0.15, 0.2) is 11.5 Å². The van der Waals surface area contributed by atoms with Crippen molar-refractivity contribution in [3.63, 3.8) is 0 Å². The molecule has 0 aliphatic carbocycles. The zero-order valence-electron chi connectivity index (χ0n) is 11.9. The fourth-order valence-electron chi connectivity index (χ4n) is 1.97. The molecule has 0 bridgehead atoms. The minimum Gasteiger partial charge on any atom is -0.486 e. The van der Waals surface area contributed by atoms with E-state index in [1.165, 1.54) is 0 Å². The van der Waals surface area contributed by atoms with Gasteiger partial charge in [-0.2, -0.15) is 0 Å². The van der Waals surface area contributed by atoms with E-state index in [9.17, 15) is 5.11 Å². The van der Waals surface area contributed by atoms with Crippen LogP contribution in [-0.4, -0.2) is 31.4 Å². The molecular weight excluding hydrogens is 242 g/mol. The molecule has 1 aliphatic rings. The lowest BCUT2D eigenvalue weighted by molar-refractivity contribution is 0.161. The first kappa shape index (κ1) is 14.2. The number of aliphatic hydroxyl groups excluding tert-OH is 1. The number of rotatable bonds is 4. The first-order valence-corrected chi connectivity index (χ1v) is 6.74. The third-order valence-corrected chi connectivity index (χ3v) is 2.94. The van der Waals surface area contributed by atoms with Crippen molar-refractivity contribution in [2.24, 2.45) is 5.41 Å². The number of benzene rings is 1. The van der Waals surface area contributed by atoms with Crippen LogP contribution in [0.1, 0.15) is 32.4 Å². The maximum atomic E-state index is 10.2. The van der Waals surface area contributed by atoms with Crippen molar-refractivity contribution in [1.29, 1.82) is 0 Å². The zero-order valence-corrected chi connectivity index (χ0v) is 11.9. The predicted molar refractivity (Wildman–Crippen MR) is 74.7 cm³/mol. The molecule has 1 aromatic rings. The Morgan fingerprint density at radius 2 is 1.89 bits per heavy atom. The molecule has 0 amide bonds. The van der Waals surface area contributed by atoms with Crippen LogP contribution in [0.25, 0.3) is 0 Å². The van der Waals surface area contributed by atoms with Gasteiger partial charge < -0.3 is 19.9 Å². The van der Waals surface area contributed by atoms with Gasteiger partial charge in [-0.3, -0.25) is 0 Å². The van der Waals surface area contributed by atoms with Crippen LogP contribution in [-0.2, 0) is 0 Å². The van der Waals surface area contributed by atoms with Gasteiger partial charge in [0.1, 0.15) is 13.2 Å². The average molecular weight is 265 g/mol. The summed E-state index contributed by atoms with van der Waals surface area (Å²) in [7, 11) is 0. The summed E-state index contributed by atoms with van der Waals surface area (Å²) < 4.78 is 11.0. The lowest BCUT2D eigenvalue weighted by Crippen LogP contribution is -2.30. The highest BCUT2D eigenvalue weighted by Crippen LogP contribution is 2.32. The molecule has 0 radical (unpaired) electrons. The van der Waals surface area contributed by atoms with Gasteiger partial charge in [0, 0.05) is 13.1 Å². The molecule has 4 nitrogen and oxygen atoms in total. The van der Waals surface area contributed by atoms with E-state index in [0.717, 1.165) is 23.6 Å². The molecule has 0 saturated heterocycles. The average Bonchev–Trinajstić information content (AvgIpc) is 2.36. The molecule has 106 valence electrons. The summed E-state index contributed by atoms with van der Waals surface area (Å²) in [6, 6.07) is 5.60. The number of hydrogen-bond donors (Lipinski definition) is 2. The first-order valence-electron chi connectivity index (χ1n) is 6.74. The van der Waals surface area contributed by atoms with E-state index in [4.69, 9.17) is 9.47 Å². The van der Waals surface area contributed by atoms with Crippen LogP contribution in [0.2, 0.25) is 0 Å².